The minimum absolute atomic E-state index is 0.880. The average Bonchev–Trinajstić information content (AvgIpc) is 3.60. The third kappa shape index (κ3) is 3.70. The fraction of sp³-hybridized carbons (Fsp3) is 0.154. The predicted molar refractivity (Wildman–Crippen MR) is 133 cm³/mol. The number of hydrogen-bond acceptors (Lipinski definition) is 5. The van der Waals surface area contributed by atoms with E-state index in [-0.39, 0.29) is 0 Å². The highest BCUT2D eigenvalue weighted by atomic mass is 32.1. The van der Waals surface area contributed by atoms with Crippen molar-refractivity contribution in [3.8, 4) is 23.0 Å². The Morgan fingerprint density at radius 2 is 1.24 bits per heavy atom. The zero-order chi connectivity index (χ0) is 22.0. The molecule has 0 spiro atoms. The molecule has 6 aromatic rings. The molecule has 4 aromatic heterocycles. The highest BCUT2D eigenvalue weighted by Gasteiger charge is 2.15. The Balaban J connectivity index is 1.27. The summed E-state index contributed by atoms with van der Waals surface area (Å²) in [5.74, 6) is 1.87. The molecule has 0 unspecified atom stereocenters. The number of imidazole rings is 2. The van der Waals surface area contributed by atoms with Gasteiger partial charge in [0, 0.05) is 24.7 Å². The average molecular weight is 451 g/mol. The molecule has 0 radical (unpaired) electrons. The lowest BCUT2D eigenvalue weighted by Gasteiger charge is -2.11. The lowest BCUT2D eigenvalue weighted by atomic mass is 10.2. The quantitative estimate of drug-likeness (QED) is 0.278. The van der Waals surface area contributed by atoms with Crippen molar-refractivity contribution in [2.75, 3.05) is 0 Å². The maximum atomic E-state index is 4.88. The van der Waals surface area contributed by atoms with Crippen LogP contribution >= 0.6 is 11.3 Å². The summed E-state index contributed by atoms with van der Waals surface area (Å²) in [5, 5.41) is 2.06. The van der Waals surface area contributed by atoms with Crippen LogP contribution in [0.4, 0.5) is 0 Å². The van der Waals surface area contributed by atoms with Gasteiger partial charge in [-0.2, -0.15) is 0 Å². The molecule has 0 fully saturated rings. The van der Waals surface area contributed by atoms with E-state index in [4.69, 9.17) is 9.97 Å². The number of fused-ring (bicyclic) bond motifs is 2. The van der Waals surface area contributed by atoms with Crippen LogP contribution in [0.15, 0.2) is 83.8 Å². The van der Waals surface area contributed by atoms with E-state index >= 15 is 0 Å². The van der Waals surface area contributed by atoms with Gasteiger partial charge in [0.25, 0.3) is 0 Å². The van der Waals surface area contributed by atoms with Gasteiger partial charge in [-0.15, -0.1) is 11.3 Å². The van der Waals surface area contributed by atoms with E-state index in [0.717, 1.165) is 71.0 Å². The first kappa shape index (κ1) is 19.8. The Labute approximate surface area is 195 Å². The van der Waals surface area contributed by atoms with E-state index in [1.165, 1.54) is 0 Å². The topological polar surface area (TPSA) is 61.4 Å². The summed E-state index contributed by atoms with van der Waals surface area (Å²) in [4.78, 5) is 18.8. The Morgan fingerprint density at radius 1 is 0.636 bits per heavy atom. The number of thiazole rings is 1. The SMILES string of the molecule is c1ccc(-c2nc3ccccc3n2CCCCn2c(-c3cscn3)nc3ccccc32)nc1. The molecule has 162 valence electrons. The predicted octanol–water partition coefficient (Wildman–Crippen LogP) is 6.05. The van der Waals surface area contributed by atoms with Gasteiger partial charge in [-0.05, 0) is 49.2 Å². The normalized spacial score (nSPS) is 11.5. The van der Waals surface area contributed by atoms with Crippen molar-refractivity contribution >= 4 is 33.4 Å². The van der Waals surface area contributed by atoms with Gasteiger partial charge in [0.05, 0.1) is 27.6 Å². The van der Waals surface area contributed by atoms with Crippen LogP contribution < -0.4 is 0 Å². The van der Waals surface area contributed by atoms with Gasteiger partial charge in [-0.1, -0.05) is 30.3 Å². The summed E-state index contributed by atoms with van der Waals surface area (Å²) in [7, 11) is 0. The van der Waals surface area contributed by atoms with E-state index in [2.05, 4.69) is 60.9 Å². The molecule has 0 bridgehead atoms. The maximum Gasteiger partial charge on any atom is 0.160 e. The first-order chi connectivity index (χ1) is 16.4. The molecular weight excluding hydrogens is 428 g/mol. The Bertz CT molecular complexity index is 1520. The molecule has 0 saturated heterocycles. The number of rotatable bonds is 7. The van der Waals surface area contributed by atoms with Crippen LogP contribution in [0.3, 0.4) is 0 Å². The van der Waals surface area contributed by atoms with E-state index in [1.807, 2.05) is 42.0 Å². The van der Waals surface area contributed by atoms with Crippen molar-refractivity contribution in [1.82, 2.24) is 29.1 Å². The van der Waals surface area contributed by atoms with Gasteiger partial charge < -0.3 is 9.13 Å². The Hall–Kier alpha value is -3.84. The number of aryl methyl sites for hydroxylation is 2. The summed E-state index contributed by atoms with van der Waals surface area (Å²) in [6, 6.07) is 22.6. The van der Waals surface area contributed by atoms with Crippen LogP contribution in [0, 0.1) is 0 Å². The Morgan fingerprint density at radius 3 is 1.82 bits per heavy atom. The van der Waals surface area contributed by atoms with E-state index in [9.17, 15) is 0 Å². The lowest BCUT2D eigenvalue weighted by Crippen LogP contribution is -2.05. The summed E-state index contributed by atoms with van der Waals surface area (Å²) in [6.07, 6.45) is 3.86. The monoisotopic (exact) mass is 450 g/mol. The second-order valence-electron chi connectivity index (χ2n) is 7.95. The zero-order valence-corrected chi connectivity index (χ0v) is 18.8. The molecular formula is C26H22N6S. The van der Waals surface area contributed by atoms with Gasteiger partial charge in [0.2, 0.25) is 0 Å². The number of benzene rings is 2. The van der Waals surface area contributed by atoms with Crippen LogP contribution in [0.2, 0.25) is 0 Å². The fourth-order valence-electron chi connectivity index (χ4n) is 4.35. The summed E-state index contributed by atoms with van der Waals surface area (Å²) >= 11 is 1.60. The van der Waals surface area contributed by atoms with Crippen LogP contribution in [-0.4, -0.2) is 29.1 Å². The second kappa shape index (κ2) is 8.60. The van der Waals surface area contributed by atoms with Crippen molar-refractivity contribution < 1.29 is 0 Å². The molecule has 0 aliphatic carbocycles. The van der Waals surface area contributed by atoms with Crippen molar-refractivity contribution in [3.63, 3.8) is 0 Å². The lowest BCUT2D eigenvalue weighted by molar-refractivity contribution is 0.570. The number of hydrogen-bond donors (Lipinski definition) is 0. The molecule has 4 heterocycles. The third-order valence-electron chi connectivity index (χ3n) is 5.88. The van der Waals surface area contributed by atoms with Crippen LogP contribution in [0.5, 0.6) is 0 Å². The smallest absolute Gasteiger partial charge is 0.160 e. The molecule has 0 amide bonds. The molecule has 0 N–H and O–H groups in total. The first-order valence-corrected chi connectivity index (χ1v) is 12.0. The molecule has 0 aliphatic heterocycles. The Kier molecular flexibility index (Phi) is 5.16. The van der Waals surface area contributed by atoms with Crippen molar-refractivity contribution in [2.45, 2.75) is 25.9 Å². The minimum atomic E-state index is 0.880. The number of nitrogens with zero attached hydrogens (tertiary/aromatic N) is 6. The standard InChI is InChI=1S/C26H22N6S/c1-3-12-23-19(9-1)29-25(21-11-5-6-14-27-21)31(23)15-7-8-16-32-24-13-4-2-10-20(24)30-26(32)22-17-33-18-28-22/h1-6,9-14,17-18H,7-8,15-16H2. The molecule has 0 atom stereocenters. The molecule has 0 aliphatic rings. The van der Waals surface area contributed by atoms with Crippen LogP contribution in [0.1, 0.15) is 12.8 Å². The van der Waals surface area contributed by atoms with E-state index in [1.54, 1.807) is 11.3 Å². The summed E-state index contributed by atoms with van der Waals surface area (Å²) < 4.78 is 4.60. The van der Waals surface area contributed by atoms with Gasteiger partial charge in [-0.3, -0.25) is 4.98 Å². The zero-order valence-electron chi connectivity index (χ0n) is 18.0. The molecule has 6 rings (SSSR count). The van der Waals surface area contributed by atoms with Gasteiger partial charge in [-0.25, -0.2) is 15.0 Å². The van der Waals surface area contributed by atoms with Gasteiger partial charge in [0.15, 0.2) is 11.6 Å². The number of unbranched alkanes of at least 4 members (excludes halogenated alkanes) is 1. The number of para-hydroxylation sites is 4. The van der Waals surface area contributed by atoms with E-state index in [0.29, 0.717) is 0 Å². The molecule has 6 nitrogen and oxygen atoms in total. The van der Waals surface area contributed by atoms with Crippen molar-refractivity contribution in [3.05, 3.63) is 83.8 Å². The maximum absolute atomic E-state index is 4.88. The summed E-state index contributed by atoms with van der Waals surface area (Å²) in [5.41, 5.74) is 8.03. The minimum Gasteiger partial charge on any atom is -0.323 e. The highest BCUT2D eigenvalue weighted by Crippen LogP contribution is 2.26. The highest BCUT2D eigenvalue weighted by molar-refractivity contribution is 7.07. The molecule has 33 heavy (non-hydrogen) atoms. The van der Waals surface area contributed by atoms with Crippen molar-refractivity contribution in [1.29, 1.82) is 0 Å². The summed E-state index contributed by atoms with van der Waals surface area (Å²) in [6.45, 7) is 1.77. The fourth-order valence-corrected chi connectivity index (χ4v) is 4.88. The number of pyridine rings is 1. The first-order valence-electron chi connectivity index (χ1n) is 11.1. The largest absolute Gasteiger partial charge is 0.323 e. The molecule has 7 heteroatoms. The number of aromatic nitrogens is 6. The molecule has 0 saturated carbocycles. The van der Waals surface area contributed by atoms with Crippen LogP contribution in [0.25, 0.3) is 45.1 Å². The third-order valence-corrected chi connectivity index (χ3v) is 6.46. The van der Waals surface area contributed by atoms with Gasteiger partial charge >= 0.3 is 0 Å². The van der Waals surface area contributed by atoms with Gasteiger partial charge in [0.1, 0.15) is 11.4 Å². The van der Waals surface area contributed by atoms with Crippen molar-refractivity contribution in [2.24, 2.45) is 0 Å². The van der Waals surface area contributed by atoms with E-state index < -0.39 is 0 Å². The van der Waals surface area contributed by atoms with Crippen LogP contribution in [-0.2, 0) is 13.1 Å². The second-order valence-corrected chi connectivity index (χ2v) is 8.67. The molecule has 2 aromatic carbocycles.